The number of amides is 2. The number of rotatable bonds is 5. The highest BCUT2D eigenvalue weighted by Crippen LogP contribution is 2.53. The Morgan fingerprint density at radius 3 is 2.62 bits per heavy atom. The number of likely N-dealkylation sites (tertiary alicyclic amines) is 1. The first-order chi connectivity index (χ1) is 14.1. The van der Waals surface area contributed by atoms with Gasteiger partial charge in [-0.3, -0.25) is 14.0 Å². The van der Waals surface area contributed by atoms with Crippen LogP contribution >= 0.6 is 0 Å². The zero-order valence-corrected chi connectivity index (χ0v) is 15.7. The SMILES string of the molecule is O=C(NCCC1[C@H]2CN(C(=O)c3ccc(F)cc3)C[C@@H]12)c1cnc2nccn2c1. The maximum atomic E-state index is 13.0. The van der Waals surface area contributed by atoms with Crippen LogP contribution in [-0.4, -0.2) is 50.7 Å². The van der Waals surface area contributed by atoms with Crippen molar-refractivity contribution in [3.63, 3.8) is 0 Å². The van der Waals surface area contributed by atoms with Crippen molar-refractivity contribution in [1.82, 2.24) is 24.6 Å². The summed E-state index contributed by atoms with van der Waals surface area (Å²) in [6, 6.07) is 5.69. The van der Waals surface area contributed by atoms with Gasteiger partial charge < -0.3 is 10.2 Å². The first kappa shape index (κ1) is 17.8. The maximum Gasteiger partial charge on any atom is 0.254 e. The molecule has 1 aromatic carbocycles. The summed E-state index contributed by atoms with van der Waals surface area (Å²) >= 11 is 0. The number of aromatic nitrogens is 3. The highest BCUT2D eigenvalue weighted by atomic mass is 19.1. The lowest BCUT2D eigenvalue weighted by Crippen LogP contribution is -2.32. The average molecular weight is 393 g/mol. The molecule has 1 aliphatic heterocycles. The van der Waals surface area contributed by atoms with Crippen LogP contribution in [0, 0.1) is 23.6 Å². The van der Waals surface area contributed by atoms with Gasteiger partial charge in [-0.15, -0.1) is 0 Å². The molecule has 2 aromatic heterocycles. The van der Waals surface area contributed by atoms with Gasteiger partial charge in [0.25, 0.3) is 11.8 Å². The van der Waals surface area contributed by atoms with E-state index in [4.69, 9.17) is 0 Å². The van der Waals surface area contributed by atoms with E-state index in [-0.39, 0.29) is 17.6 Å². The number of fused-ring (bicyclic) bond motifs is 2. The Morgan fingerprint density at radius 1 is 1.10 bits per heavy atom. The van der Waals surface area contributed by atoms with Gasteiger partial charge >= 0.3 is 0 Å². The van der Waals surface area contributed by atoms with E-state index >= 15 is 0 Å². The fourth-order valence-corrected chi connectivity index (χ4v) is 4.41. The van der Waals surface area contributed by atoms with E-state index in [1.165, 1.54) is 30.5 Å². The number of benzene rings is 1. The van der Waals surface area contributed by atoms with Crippen LogP contribution in [0.1, 0.15) is 27.1 Å². The second-order valence-electron chi connectivity index (χ2n) is 7.73. The Bertz CT molecular complexity index is 1070. The van der Waals surface area contributed by atoms with Crippen molar-refractivity contribution in [1.29, 1.82) is 0 Å². The smallest absolute Gasteiger partial charge is 0.254 e. The van der Waals surface area contributed by atoms with Gasteiger partial charge in [0.05, 0.1) is 5.56 Å². The summed E-state index contributed by atoms with van der Waals surface area (Å²) < 4.78 is 14.7. The van der Waals surface area contributed by atoms with E-state index in [9.17, 15) is 14.0 Å². The first-order valence-corrected chi connectivity index (χ1v) is 9.72. The zero-order valence-electron chi connectivity index (χ0n) is 15.7. The normalized spacial score (nSPS) is 22.5. The molecule has 3 aromatic rings. The van der Waals surface area contributed by atoms with Gasteiger partial charge in [-0.05, 0) is 48.4 Å². The molecule has 0 bridgehead atoms. The van der Waals surface area contributed by atoms with E-state index in [0.29, 0.717) is 41.2 Å². The van der Waals surface area contributed by atoms with E-state index in [1.54, 1.807) is 23.0 Å². The van der Waals surface area contributed by atoms with Crippen LogP contribution in [0.3, 0.4) is 0 Å². The molecule has 148 valence electrons. The lowest BCUT2D eigenvalue weighted by atomic mass is 10.1. The molecule has 1 aliphatic carbocycles. The van der Waals surface area contributed by atoms with Crippen molar-refractivity contribution in [2.75, 3.05) is 19.6 Å². The first-order valence-electron chi connectivity index (χ1n) is 9.72. The molecular weight excluding hydrogens is 373 g/mol. The summed E-state index contributed by atoms with van der Waals surface area (Å²) in [5.74, 6) is 1.58. The minimum atomic E-state index is -0.339. The molecule has 29 heavy (non-hydrogen) atoms. The number of hydrogen-bond acceptors (Lipinski definition) is 4. The number of nitrogens with one attached hydrogen (secondary N) is 1. The van der Waals surface area contributed by atoms with E-state index in [2.05, 4.69) is 15.3 Å². The Balaban J connectivity index is 1.09. The van der Waals surface area contributed by atoms with Crippen LogP contribution in [0.15, 0.2) is 49.1 Å². The predicted octanol–water partition coefficient (Wildman–Crippen LogP) is 2.01. The Labute approximate surface area is 166 Å². The minimum Gasteiger partial charge on any atom is -0.352 e. The zero-order chi connectivity index (χ0) is 20.0. The molecule has 0 spiro atoms. The van der Waals surface area contributed by atoms with E-state index < -0.39 is 0 Å². The topological polar surface area (TPSA) is 79.6 Å². The van der Waals surface area contributed by atoms with Gasteiger partial charge in [0, 0.05) is 50.0 Å². The highest BCUT2D eigenvalue weighted by Gasteiger charge is 2.55. The molecule has 5 rings (SSSR count). The summed E-state index contributed by atoms with van der Waals surface area (Å²) in [7, 11) is 0. The Morgan fingerprint density at radius 2 is 1.86 bits per heavy atom. The summed E-state index contributed by atoms with van der Waals surface area (Å²) in [4.78, 5) is 34.9. The number of piperidine rings is 1. The minimum absolute atomic E-state index is 0.0355. The monoisotopic (exact) mass is 393 g/mol. The fraction of sp³-hybridized carbons (Fsp3) is 0.333. The number of carbonyl (C=O) groups excluding carboxylic acids is 2. The summed E-state index contributed by atoms with van der Waals surface area (Å²) in [5.41, 5.74) is 1.03. The number of halogens is 1. The van der Waals surface area contributed by atoms with E-state index in [0.717, 1.165) is 19.5 Å². The van der Waals surface area contributed by atoms with Crippen molar-refractivity contribution in [3.05, 3.63) is 66.0 Å². The molecule has 1 N–H and O–H groups in total. The highest BCUT2D eigenvalue weighted by molar-refractivity contribution is 5.94. The molecular formula is C21H20FN5O2. The van der Waals surface area contributed by atoms with Crippen LogP contribution in [0.2, 0.25) is 0 Å². The number of imidazole rings is 1. The molecule has 3 atom stereocenters. The molecule has 1 unspecified atom stereocenters. The van der Waals surface area contributed by atoms with Crippen LogP contribution in [0.25, 0.3) is 5.78 Å². The molecule has 0 radical (unpaired) electrons. The largest absolute Gasteiger partial charge is 0.352 e. The summed E-state index contributed by atoms with van der Waals surface area (Å²) in [6.07, 6.45) is 7.54. The van der Waals surface area contributed by atoms with Gasteiger partial charge in [-0.25, -0.2) is 14.4 Å². The fourth-order valence-electron chi connectivity index (χ4n) is 4.41. The third-order valence-electron chi connectivity index (χ3n) is 6.02. The quantitative estimate of drug-likeness (QED) is 0.719. The second kappa shape index (κ2) is 6.95. The molecule has 2 amide bonds. The lowest BCUT2D eigenvalue weighted by Gasteiger charge is -2.20. The standard InChI is InChI=1S/C21H20FN5O2/c22-15-3-1-13(2-4-15)20(29)27-11-17-16(18(17)12-27)5-6-23-19(28)14-9-25-21-24-7-8-26(21)10-14/h1-4,7-10,16-18H,5-6,11-12H2,(H,23,28)/t16?,17-,18+. The van der Waals surface area contributed by atoms with Gasteiger partial charge in [0.2, 0.25) is 5.78 Å². The van der Waals surface area contributed by atoms with E-state index in [1.807, 2.05) is 4.90 Å². The van der Waals surface area contributed by atoms with Gasteiger partial charge in [-0.2, -0.15) is 0 Å². The third kappa shape index (κ3) is 3.35. The molecule has 2 aliphatic rings. The predicted molar refractivity (Wildman–Crippen MR) is 103 cm³/mol. The van der Waals surface area contributed by atoms with Crippen LogP contribution in [0.5, 0.6) is 0 Å². The Hall–Kier alpha value is -3.29. The van der Waals surface area contributed by atoms with Crippen molar-refractivity contribution in [3.8, 4) is 0 Å². The van der Waals surface area contributed by atoms with Gasteiger partial charge in [0.15, 0.2) is 0 Å². The molecule has 2 fully saturated rings. The Kier molecular flexibility index (Phi) is 4.26. The second-order valence-corrected chi connectivity index (χ2v) is 7.73. The number of hydrogen-bond donors (Lipinski definition) is 1. The maximum absolute atomic E-state index is 13.0. The van der Waals surface area contributed by atoms with Gasteiger partial charge in [0.1, 0.15) is 5.82 Å². The van der Waals surface area contributed by atoms with Crippen LogP contribution < -0.4 is 5.32 Å². The number of nitrogens with zero attached hydrogens (tertiary/aromatic N) is 4. The molecule has 8 heteroatoms. The molecule has 3 heterocycles. The lowest BCUT2D eigenvalue weighted by molar-refractivity contribution is 0.0767. The summed E-state index contributed by atoms with van der Waals surface area (Å²) in [5, 5.41) is 2.95. The summed E-state index contributed by atoms with van der Waals surface area (Å²) in [6.45, 7) is 2.08. The molecule has 1 saturated heterocycles. The third-order valence-corrected chi connectivity index (χ3v) is 6.02. The average Bonchev–Trinajstić information content (AvgIpc) is 3.10. The number of carbonyl (C=O) groups is 2. The van der Waals surface area contributed by atoms with Crippen molar-refractivity contribution >= 4 is 17.6 Å². The molecule has 7 nitrogen and oxygen atoms in total. The van der Waals surface area contributed by atoms with Crippen LogP contribution in [0.4, 0.5) is 4.39 Å². The van der Waals surface area contributed by atoms with Crippen molar-refractivity contribution < 1.29 is 14.0 Å². The van der Waals surface area contributed by atoms with Crippen LogP contribution in [-0.2, 0) is 0 Å². The van der Waals surface area contributed by atoms with Crippen molar-refractivity contribution in [2.24, 2.45) is 17.8 Å². The van der Waals surface area contributed by atoms with Crippen molar-refractivity contribution in [2.45, 2.75) is 6.42 Å². The van der Waals surface area contributed by atoms with Gasteiger partial charge in [-0.1, -0.05) is 0 Å². The molecule has 1 saturated carbocycles.